The minimum Gasteiger partial charge on any atom is -0.478 e. The molecule has 5 nitrogen and oxygen atoms in total. The Morgan fingerprint density at radius 3 is 2.70 bits per heavy atom. The highest BCUT2D eigenvalue weighted by molar-refractivity contribution is 9.10. The minimum absolute atomic E-state index is 0.162. The number of nitrogens with zero attached hydrogens (tertiary/aromatic N) is 1. The van der Waals surface area contributed by atoms with Crippen molar-refractivity contribution < 1.29 is 14.7 Å². The molecule has 2 aromatic rings. The summed E-state index contributed by atoms with van der Waals surface area (Å²) in [5, 5.41) is 11.7. The molecule has 6 heteroatoms. The van der Waals surface area contributed by atoms with E-state index in [4.69, 9.17) is 5.11 Å². The molecule has 1 heterocycles. The van der Waals surface area contributed by atoms with E-state index < -0.39 is 5.97 Å². The van der Waals surface area contributed by atoms with E-state index >= 15 is 0 Å². The molecular formula is C14H11BrN2O3. The lowest BCUT2D eigenvalue weighted by molar-refractivity contribution is 0.0695. The first-order valence-electron chi connectivity index (χ1n) is 5.74. The van der Waals surface area contributed by atoms with Crippen LogP contribution in [0.3, 0.4) is 0 Å². The number of halogens is 1. The number of benzene rings is 1. The first-order valence-corrected chi connectivity index (χ1v) is 6.53. The Hall–Kier alpha value is -2.21. The number of hydrogen-bond acceptors (Lipinski definition) is 3. The summed E-state index contributed by atoms with van der Waals surface area (Å²) in [6.45, 7) is 1.65. The summed E-state index contributed by atoms with van der Waals surface area (Å²) < 4.78 is 0.696. The molecular weight excluding hydrogens is 324 g/mol. The number of aromatic nitrogens is 1. The topological polar surface area (TPSA) is 79.3 Å². The van der Waals surface area contributed by atoms with Crippen LogP contribution in [0.2, 0.25) is 0 Å². The van der Waals surface area contributed by atoms with Crippen molar-refractivity contribution in [1.82, 2.24) is 4.98 Å². The standard InChI is InChI=1S/C14H11BrN2O3/c1-8-11(14(19)20)3-2-4-12(8)17-13(18)9-5-10(15)7-16-6-9/h2-7H,1H3,(H,17,18)(H,19,20). The van der Waals surface area contributed by atoms with E-state index in [-0.39, 0.29) is 11.5 Å². The number of pyridine rings is 1. The van der Waals surface area contributed by atoms with Gasteiger partial charge in [0, 0.05) is 22.6 Å². The molecule has 0 fully saturated rings. The molecule has 0 saturated heterocycles. The summed E-state index contributed by atoms with van der Waals surface area (Å²) in [6.07, 6.45) is 3.02. The Labute approximate surface area is 123 Å². The third-order valence-electron chi connectivity index (χ3n) is 2.78. The largest absolute Gasteiger partial charge is 0.478 e. The van der Waals surface area contributed by atoms with E-state index in [1.807, 2.05) is 0 Å². The molecule has 2 N–H and O–H groups in total. The number of amides is 1. The third-order valence-corrected chi connectivity index (χ3v) is 3.21. The number of carboxylic acids is 1. The van der Waals surface area contributed by atoms with Crippen molar-refractivity contribution in [3.63, 3.8) is 0 Å². The van der Waals surface area contributed by atoms with Gasteiger partial charge in [-0.2, -0.15) is 0 Å². The van der Waals surface area contributed by atoms with Crippen molar-refractivity contribution in [3.8, 4) is 0 Å². The van der Waals surface area contributed by atoms with Gasteiger partial charge in [-0.1, -0.05) is 6.07 Å². The summed E-state index contributed by atoms with van der Waals surface area (Å²) in [6, 6.07) is 6.38. The van der Waals surface area contributed by atoms with Gasteiger partial charge in [0.25, 0.3) is 5.91 Å². The Kier molecular flexibility index (Phi) is 4.14. The smallest absolute Gasteiger partial charge is 0.336 e. The molecule has 0 aliphatic carbocycles. The van der Waals surface area contributed by atoms with E-state index in [2.05, 4.69) is 26.2 Å². The van der Waals surface area contributed by atoms with E-state index in [1.165, 1.54) is 12.3 Å². The van der Waals surface area contributed by atoms with E-state index in [0.29, 0.717) is 21.3 Å². The zero-order chi connectivity index (χ0) is 14.7. The van der Waals surface area contributed by atoms with Gasteiger partial charge in [-0.15, -0.1) is 0 Å². The van der Waals surface area contributed by atoms with Crippen LogP contribution in [0.1, 0.15) is 26.3 Å². The van der Waals surface area contributed by atoms with Crippen molar-refractivity contribution in [1.29, 1.82) is 0 Å². The number of hydrogen-bond donors (Lipinski definition) is 2. The Morgan fingerprint density at radius 1 is 1.30 bits per heavy atom. The molecule has 0 aliphatic rings. The van der Waals surface area contributed by atoms with Gasteiger partial charge in [0.1, 0.15) is 0 Å². The second-order valence-electron chi connectivity index (χ2n) is 4.13. The number of carbonyl (C=O) groups is 2. The summed E-state index contributed by atoms with van der Waals surface area (Å²) >= 11 is 3.24. The maximum absolute atomic E-state index is 12.1. The first kappa shape index (κ1) is 14.2. The van der Waals surface area contributed by atoms with Crippen molar-refractivity contribution in [3.05, 3.63) is 57.8 Å². The van der Waals surface area contributed by atoms with Gasteiger partial charge in [0.15, 0.2) is 0 Å². The van der Waals surface area contributed by atoms with Crippen LogP contribution in [0.5, 0.6) is 0 Å². The molecule has 0 bridgehead atoms. The highest BCUT2D eigenvalue weighted by Crippen LogP contribution is 2.20. The quantitative estimate of drug-likeness (QED) is 0.903. The molecule has 0 saturated carbocycles. The van der Waals surface area contributed by atoms with Crippen LogP contribution >= 0.6 is 15.9 Å². The lowest BCUT2D eigenvalue weighted by atomic mass is 10.1. The molecule has 102 valence electrons. The van der Waals surface area contributed by atoms with Crippen LogP contribution in [0.4, 0.5) is 5.69 Å². The van der Waals surface area contributed by atoms with Crippen molar-refractivity contribution in [2.45, 2.75) is 6.92 Å². The normalized spacial score (nSPS) is 10.1. The monoisotopic (exact) mass is 334 g/mol. The molecule has 20 heavy (non-hydrogen) atoms. The molecule has 0 radical (unpaired) electrons. The van der Waals surface area contributed by atoms with Crippen LogP contribution < -0.4 is 5.32 Å². The zero-order valence-electron chi connectivity index (χ0n) is 10.6. The maximum atomic E-state index is 12.1. The van der Waals surface area contributed by atoms with Gasteiger partial charge in [-0.25, -0.2) is 4.79 Å². The second-order valence-corrected chi connectivity index (χ2v) is 5.04. The molecule has 0 atom stereocenters. The summed E-state index contributed by atoms with van der Waals surface area (Å²) in [4.78, 5) is 27.0. The van der Waals surface area contributed by atoms with Crippen LogP contribution in [0, 0.1) is 6.92 Å². The molecule has 1 aromatic carbocycles. The first-order chi connectivity index (χ1) is 9.49. The van der Waals surface area contributed by atoms with Crippen molar-refractivity contribution in [2.75, 3.05) is 5.32 Å². The Morgan fingerprint density at radius 2 is 2.05 bits per heavy atom. The van der Waals surface area contributed by atoms with Crippen LogP contribution in [-0.2, 0) is 0 Å². The summed E-state index contributed by atoms with van der Waals surface area (Å²) in [5.41, 5.74) is 1.53. The molecule has 0 spiro atoms. The Bertz CT molecular complexity index is 686. The van der Waals surface area contributed by atoms with Gasteiger partial charge in [0.2, 0.25) is 0 Å². The number of rotatable bonds is 3. The van der Waals surface area contributed by atoms with Crippen LogP contribution in [0.15, 0.2) is 41.1 Å². The van der Waals surface area contributed by atoms with Gasteiger partial charge < -0.3 is 10.4 Å². The highest BCUT2D eigenvalue weighted by Gasteiger charge is 2.13. The average molecular weight is 335 g/mol. The van der Waals surface area contributed by atoms with Crippen molar-refractivity contribution >= 4 is 33.5 Å². The SMILES string of the molecule is Cc1c(NC(=O)c2cncc(Br)c2)cccc1C(=O)O. The molecule has 0 unspecified atom stereocenters. The summed E-state index contributed by atoms with van der Waals surface area (Å²) in [5.74, 6) is -1.37. The van der Waals surface area contributed by atoms with Crippen LogP contribution in [-0.4, -0.2) is 22.0 Å². The molecule has 1 aromatic heterocycles. The predicted octanol–water partition coefficient (Wildman–Crippen LogP) is 3.10. The number of carboxylic acid groups (broad SMARTS) is 1. The highest BCUT2D eigenvalue weighted by atomic mass is 79.9. The van der Waals surface area contributed by atoms with E-state index in [9.17, 15) is 9.59 Å². The maximum Gasteiger partial charge on any atom is 0.336 e. The fraction of sp³-hybridized carbons (Fsp3) is 0.0714. The van der Waals surface area contributed by atoms with Crippen LogP contribution in [0.25, 0.3) is 0 Å². The van der Waals surface area contributed by atoms with Gasteiger partial charge in [0.05, 0.1) is 11.1 Å². The molecule has 0 aliphatic heterocycles. The minimum atomic E-state index is -1.03. The summed E-state index contributed by atoms with van der Waals surface area (Å²) in [7, 11) is 0. The van der Waals surface area contributed by atoms with Gasteiger partial charge in [-0.05, 0) is 46.6 Å². The number of nitrogens with one attached hydrogen (secondary N) is 1. The van der Waals surface area contributed by atoms with Gasteiger partial charge in [-0.3, -0.25) is 9.78 Å². The fourth-order valence-electron chi connectivity index (χ4n) is 1.73. The average Bonchev–Trinajstić information content (AvgIpc) is 2.40. The van der Waals surface area contributed by atoms with E-state index in [1.54, 1.807) is 31.3 Å². The third kappa shape index (κ3) is 3.03. The molecule has 1 amide bonds. The lowest BCUT2D eigenvalue weighted by Gasteiger charge is -2.10. The number of anilines is 1. The van der Waals surface area contributed by atoms with Crippen molar-refractivity contribution in [2.24, 2.45) is 0 Å². The lowest BCUT2D eigenvalue weighted by Crippen LogP contribution is -2.14. The Balaban J connectivity index is 2.29. The van der Waals surface area contributed by atoms with Gasteiger partial charge >= 0.3 is 5.97 Å². The number of aromatic carboxylic acids is 1. The predicted molar refractivity (Wildman–Crippen MR) is 78.0 cm³/mol. The van der Waals surface area contributed by atoms with E-state index in [0.717, 1.165) is 0 Å². The number of carbonyl (C=O) groups excluding carboxylic acids is 1. The molecule has 2 rings (SSSR count). The second kappa shape index (κ2) is 5.83. The zero-order valence-corrected chi connectivity index (χ0v) is 12.1. The fourth-order valence-corrected chi connectivity index (χ4v) is 2.10.